The highest BCUT2D eigenvalue weighted by atomic mass is 16.5. The van der Waals surface area contributed by atoms with E-state index in [0.29, 0.717) is 6.61 Å². The van der Waals surface area contributed by atoms with E-state index in [9.17, 15) is 9.59 Å². The number of carbonyl (C=O) groups is 2. The Kier molecular flexibility index (Phi) is 14.1. The van der Waals surface area contributed by atoms with Crippen molar-refractivity contribution in [3.63, 3.8) is 0 Å². The van der Waals surface area contributed by atoms with Crippen LogP contribution in [0.15, 0.2) is 12.2 Å². The zero-order valence-corrected chi connectivity index (χ0v) is 13.3. The Hall–Kier alpha value is -1.32. The van der Waals surface area contributed by atoms with E-state index in [0.717, 1.165) is 25.7 Å². The fourth-order valence-electron chi connectivity index (χ4n) is 2.18. The average Bonchev–Trinajstić information content (AvgIpc) is 2.42. The van der Waals surface area contributed by atoms with Gasteiger partial charge in [0.15, 0.2) is 0 Å². The predicted molar refractivity (Wildman–Crippen MR) is 84.2 cm³/mol. The highest BCUT2D eigenvalue weighted by Crippen LogP contribution is 2.11. The van der Waals surface area contributed by atoms with Crippen LogP contribution in [0.1, 0.15) is 77.6 Å². The summed E-state index contributed by atoms with van der Waals surface area (Å²) in [5.74, 6) is -1.05. The van der Waals surface area contributed by atoms with Gasteiger partial charge in [-0.05, 0) is 19.3 Å². The molecule has 1 N–H and O–H groups in total. The van der Waals surface area contributed by atoms with Crippen molar-refractivity contribution in [2.24, 2.45) is 0 Å². The zero-order chi connectivity index (χ0) is 15.8. The number of rotatable bonds is 14. The Morgan fingerprint density at radius 1 is 0.857 bits per heavy atom. The average molecular weight is 298 g/mol. The zero-order valence-electron chi connectivity index (χ0n) is 13.3. The number of hydrogen-bond donors (Lipinski definition) is 1. The summed E-state index contributed by atoms with van der Waals surface area (Å²) < 4.78 is 4.88. The summed E-state index contributed by atoms with van der Waals surface area (Å²) in [7, 11) is 0. The molecule has 0 spiro atoms. The fraction of sp³-hybridized carbons (Fsp3) is 0.765. The molecule has 0 saturated carbocycles. The molecule has 4 nitrogen and oxygen atoms in total. The van der Waals surface area contributed by atoms with Gasteiger partial charge < -0.3 is 9.84 Å². The number of unbranched alkanes of at least 4 members (excludes halogenated alkanes) is 10. The van der Waals surface area contributed by atoms with Crippen LogP contribution in [0.4, 0.5) is 0 Å². The minimum absolute atomic E-state index is 0.187. The first kappa shape index (κ1) is 19.7. The van der Waals surface area contributed by atoms with Gasteiger partial charge in [0.2, 0.25) is 0 Å². The molecule has 0 heterocycles. The van der Waals surface area contributed by atoms with Crippen molar-refractivity contribution in [1.29, 1.82) is 0 Å². The topological polar surface area (TPSA) is 63.6 Å². The van der Waals surface area contributed by atoms with Gasteiger partial charge in [-0.1, -0.05) is 57.4 Å². The number of allylic oxidation sites excluding steroid dienone is 1. The molecule has 0 aliphatic rings. The number of carboxylic acids is 1. The summed E-state index contributed by atoms with van der Waals surface area (Å²) in [6.07, 6.45) is 15.8. The second-order valence-corrected chi connectivity index (χ2v) is 5.40. The van der Waals surface area contributed by atoms with E-state index in [1.54, 1.807) is 6.08 Å². The third-order valence-corrected chi connectivity index (χ3v) is 3.33. The van der Waals surface area contributed by atoms with Crippen LogP contribution in [-0.4, -0.2) is 23.7 Å². The molecule has 0 aromatic heterocycles. The quantitative estimate of drug-likeness (QED) is 0.292. The third-order valence-electron chi connectivity index (χ3n) is 3.33. The Labute approximate surface area is 128 Å². The van der Waals surface area contributed by atoms with Crippen LogP contribution in [0.5, 0.6) is 0 Å². The van der Waals surface area contributed by atoms with E-state index >= 15 is 0 Å². The molecule has 0 aliphatic carbocycles. The van der Waals surface area contributed by atoms with E-state index < -0.39 is 5.97 Å². The number of esters is 1. The van der Waals surface area contributed by atoms with E-state index in [1.807, 2.05) is 0 Å². The van der Waals surface area contributed by atoms with Gasteiger partial charge >= 0.3 is 11.9 Å². The predicted octanol–water partition coefficient (Wildman–Crippen LogP) is 4.48. The van der Waals surface area contributed by atoms with Crippen LogP contribution in [0, 0.1) is 0 Å². The first-order valence-electron chi connectivity index (χ1n) is 8.15. The molecule has 0 atom stereocenters. The van der Waals surface area contributed by atoms with Crippen LogP contribution in [-0.2, 0) is 14.3 Å². The number of hydrogen-bond acceptors (Lipinski definition) is 3. The molecule has 0 bridgehead atoms. The highest BCUT2D eigenvalue weighted by Gasteiger charge is 1.95. The molecule has 0 aromatic carbocycles. The van der Waals surface area contributed by atoms with Crippen molar-refractivity contribution in [3.8, 4) is 0 Å². The summed E-state index contributed by atoms with van der Waals surface area (Å²) in [5.41, 5.74) is 0. The van der Waals surface area contributed by atoms with Gasteiger partial charge in [-0.2, -0.15) is 0 Å². The van der Waals surface area contributed by atoms with E-state index in [-0.39, 0.29) is 5.97 Å². The number of ether oxygens (including phenoxy) is 1. The summed E-state index contributed by atoms with van der Waals surface area (Å²) >= 11 is 0. The van der Waals surface area contributed by atoms with Crippen LogP contribution < -0.4 is 0 Å². The molecule has 21 heavy (non-hydrogen) atoms. The van der Waals surface area contributed by atoms with E-state index in [4.69, 9.17) is 9.84 Å². The third kappa shape index (κ3) is 18.7. The molecule has 0 fully saturated rings. The van der Waals surface area contributed by atoms with Crippen molar-refractivity contribution in [3.05, 3.63) is 12.2 Å². The monoisotopic (exact) mass is 298 g/mol. The smallest absolute Gasteiger partial charge is 0.327 e. The molecule has 0 rings (SSSR count). The lowest BCUT2D eigenvalue weighted by Gasteiger charge is -2.03. The number of carbonyl (C=O) groups excluding carboxylic acids is 1. The maximum Gasteiger partial charge on any atom is 0.327 e. The van der Waals surface area contributed by atoms with Gasteiger partial charge in [0, 0.05) is 13.0 Å². The van der Waals surface area contributed by atoms with Crippen molar-refractivity contribution < 1.29 is 19.4 Å². The SMILES string of the molecule is CC(=O)OCCCCCCCCCCCCC=CC(=O)O. The molecule has 0 aliphatic heterocycles. The largest absolute Gasteiger partial charge is 0.478 e. The van der Waals surface area contributed by atoms with Crippen molar-refractivity contribution >= 4 is 11.9 Å². The first-order valence-corrected chi connectivity index (χ1v) is 8.15. The summed E-state index contributed by atoms with van der Waals surface area (Å²) in [6.45, 7) is 2.01. The number of carboxylic acid groups (broad SMARTS) is 1. The molecule has 0 aromatic rings. The maximum atomic E-state index is 10.5. The van der Waals surface area contributed by atoms with E-state index in [2.05, 4.69) is 0 Å². The van der Waals surface area contributed by atoms with Crippen LogP contribution in [0.3, 0.4) is 0 Å². The van der Waals surface area contributed by atoms with Gasteiger partial charge in [-0.3, -0.25) is 4.79 Å². The second-order valence-electron chi connectivity index (χ2n) is 5.40. The Balaban J connectivity index is 3.06. The Morgan fingerprint density at radius 2 is 1.33 bits per heavy atom. The minimum atomic E-state index is -0.858. The van der Waals surface area contributed by atoms with Crippen LogP contribution >= 0.6 is 0 Å². The summed E-state index contributed by atoms with van der Waals surface area (Å²) in [5, 5.41) is 8.42. The van der Waals surface area contributed by atoms with Crippen molar-refractivity contribution in [1.82, 2.24) is 0 Å². The maximum absolute atomic E-state index is 10.5. The minimum Gasteiger partial charge on any atom is -0.478 e. The van der Waals surface area contributed by atoms with Gasteiger partial charge in [0.25, 0.3) is 0 Å². The van der Waals surface area contributed by atoms with Crippen molar-refractivity contribution in [2.45, 2.75) is 77.6 Å². The molecule has 0 unspecified atom stereocenters. The van der Waals surface area contributed by atoms with Gasteiger partial charge in [0.05, 0.1) is 6.61 Å². The summed E-state index contributed by atoms with van der Waals surface area (Å²) in [4.78, 5) is 20.8. The van der Waals surface area contributed by atoms with Crippen LogP contribution in [0.2, 0.25) is 0 Å². The Bertz CT molecular complexity index is 297. The molecule has 0 saturated heterocycles. The molecule has 0 radical (unpaired) electrons. The number of aliphatic carboxylic acids is 1. The summed E-state index contributed by atoms with van der Waals surface area (Å²) in [6, 6.07) is 0. The van der Waals surface area contributed by atoms with Crippen LogP contribution in [0.25, 0.3) is 0 Å². The molecular weight excluding hydrogens is 268 g/mol. The highest BCUT2D eigenvalue weighted by molar-refractivity contribution is 5.79. The first-order chi connectivity index (χ1) is 10.1. The lowest BCUT2D eigenvalue weighted by molar-refractivity contribution is -0.141. The molecule has 122 valence electrons. The lowest BCUT2D eigenvalue weighted by Crippen LogP contribution is -2.00. The molecule has 0 amide bonds. The normalized spacial score (nSPS) is 10.9. The lowest BCUT2D eigenvalue weighted by atomic mass is 10.1. The molecule has 4 heteroatoms. The molecular formula is C17H30O4. The second kappa shape index (κ2) is 15.1. The Morgan fingerprint density at radius 3 is 1.81 bits per heavy atom. The van der Waals surface area contributed by atoms with Gasteiger partial charge in [-0.25, -0.2) is 4.79 Å². The van der Waals surface area contributed by atoms with Gasteiger partial charge in [0.1, 0.15) is 0 Å². The van der Waals surface area contributed by atoms with Gasteiger partial charge in [-0.15, -0.1) is 0 Å². The van der Waals surface area contributed by atoms with E-state index in [1.165, 1.54) is 57.9 Å². The standard InChI is InChI=1S/C17H30O4/c1-16(18)21-15-13-11-9-7-5-3-2-4-6-8-10-12-14-17(19)20/h12,14H,2-11,13,15H2,1H3,(H,19,20). The van der Waals surface area contributed by atoms with Crippen molar-refractivity contribution in [2.75, 3.05) is 6.61 Å². The fourth-order valence-corrected chi connectivity index (χ4v) is 2.18.